The van der Waals surface area contributed by atoms with Gasteiger partial charge in [-0.25, -0.2) is 14.4 Å². The Morgan fingerprint density at radius 3 is 2.29 bits per heavy atom. The number of nitrogens with one attached hydrogen (secondary N) is 1. The zero-order valence-electron chi connectivity index (χ0n) is 20.4. The van der Waals surface area contributed by atoms with Crippen molar-refractivity contribution in [3.05, 3.63) is 52.1 Å². The second kappa shape index (κ2) is 10.9. The number of aromatic nitrogens is 2. The molecule has 3 rings (SSSR count). The Hall–Kier alpha value is -4.43. The highest BCUT2D eigenvalue weighted by Gasteiger charge is 2.37. The van der Waals surface area contributed by atoms with Crippen LogP contribution < -0.4 is 16.7 Å². The van der Waals surface area contributed by atoms with Crippen LogP contribution in [0.4, 0.5) is 28.6 Å². The number of hydrogen-bond donors (Lipinski definition) is 2. The molecule has 2 aromatic rings. The Morgan fingerprint density at radius 2 is 1.74 bits per heavy atom. The van der Waals surface area contributed by atoms with E-state index < -0.39 is 47.5 Å². The van der Waals surface area contributed by atoms with Crippen molar-refractivity contribution in [3.63, 3.8) is 0 Å². The monoisotopic (exact) mass is 538 g/mol. The smallest absolute Gasteiger partial charge is 0.416 e. The van der Waals surface area contributed by atoms with Crippen LogP contribution in [0.3, 0.4) is 0 Å². The number of aldehydes is 1. The fourth-order valence-corrected chi connectivity index (χ4v) is 3.89. The number of nitrogens with zero attached hydrogens (tertiary/aromatic N) is 4. The van der Waals surface area contributed by atoms with Crippen molar-refractivity contribution in [3.8, 4) is 5.69 Å². The quantitative estimate of drug-likeness (QED) is 0.528. The van der Waals surface area contributed by atoms with Crippen LogP contribution in [0.1, 0.15) is 25.0 Å². The van der Waals surface area contributed by atoms with Crippen LogP contribution in [0, 0.1) is 0 Å². The SMILES string of the molecule is CC(C)(OC(N)=O)C(=O)N1CCN(C(=O)Nc2ccn(-c3ccc(CC=O)c(C(F)(F)F)c3)c(=O)n2)CC1. The summed E-state index contributed by atoms with van der Waals surface area (Å²) < 4.78 is 45.9. The van der Waals surface area contributed by atoms with E-state index in [4.69, 9.17) is 10.5 Å². The summed E-state index contributed by atoms with van der Waals surface area (Å²) in [5.74, 6) is -0.603. The minimum absolute atomic E-state index is 0.119. The molecule has 1 aromatic heterocycles. The second-order valence-electron chi connectivity index (χ2n) is 8.82. The molecule has 204 valence electrons. The fourth-order valence-electron chi connectivity index (χ4n) is 3.89. The van der Waals surface area contributed by atoms with Gasteiger partial charge in [-0.2, -0.15) is 18.2 Å². The molecule has 38 heavy (non-hydrogen) atoms. The highest BCUT2D eigenvalue weighted by molar-refractivity contribution is 5.89. The molecule has 0 bridgehead atoms. The van der Waals surface area contributed by atoms with Crippen LogP contribution in [0.15, 0.2) is 35.3 Å². The number of amides is 4. The van der Waals surface area contributed by atoms with Gasteiger partial charge in [-0.3, -0.25) is 14.7 Å². The van der Waals surface area contributed by atoms with Crippen molar-refractivity contribution in [1.82, 2.24) is 19.4 Å². The standard InChI is InChI=1S/C23H25F3N6O6/c1-22(2,38-19(27)35)18(34)30-8-10-31(11-9-30)20(36)28-17-5-7-32(21(37)29-17)15-4-3-14(6-12-33)16(13-15)23(24,25)26/h3-5,7,12-13H,6,8-11H2,1-2H3,(H2,27,35)(H,28,29,36,37). The molecule has 0 aliphatic carbocycles. The molecule has 3 N–H and O–H groups in total. The van der Waals surface area contributed by atoms with E-state index in [1.165, 1.54) is 35.8 Å². The van der Waals surface area contributed by atoms with Gasteiger partial charge in [0.1, 0.15) is 12.1 Å². The molecule has 1 aliphatic rings. The summed E-state index contributed by atoms with van der Waals surface area (Å²) in [4.78, 5) is 66.0. The molecule has 0 radical (unpaired) electrons. The Labute approximate surface area is 214 Å². The third kappa shape index (κ3) is 6.46. The molecule has 4 amide bonds. The highest BCUT2D eigenvalue weighted by atomic mass is 19.4. The van der Waals surface area contributed by atoms with E-state index >= 15 is 0 Å². The molecule has 0 unspecified atom stereocenters. The number of primary amides is 1. The van der Waals surface area contributed by atoms with Crippen LogP contribution in [0.2, 0.25) is 0 Å². The normalized spacial score (nSPS) is 14.1. The molecule has 2 heterocycles. The number of urea groups is 1. The number of rotatable bonds is 6. The zero-order chi connectivity index (χ0) is 28.3. The van der Waals surface area contributed by atoms with E-state index in [0.29, 0.717) is 6.29 Å². The van der Waals surface area contributed by atoms with Crippen LogP contribution in [0.5, 0.6) is 0 Å². The minimum atomic E-state index is -4.74. The van der Waals surface area contributed by atoms with E-state index in [2.05, 4.69) is 10.3 Å². The van der Waals surface area contributed by atoms with Gasteiger partial charge < -0.3 is 25.1 Å². The topological polar surface area (TPSA) is 157 Å². The molecule has 0 saturated carbocycles. The summed E-state index contributed by atoms with van der Waals surface area (Å²) in [6.45, 7) is 3.36. The Morgan fingerprint density at radius 1 is 1.11 bits per heavy atom. The fraction of sp³-hybridized carbons (Fsp3) is 0.391. The lowest BCUT2D eigenvalue weighted by Gasteiger charge is -2.37. The lowest BCUT2D eigenvalue weighted by Crippen LogP contribution is -2.56. The molecule has 1 fully saturated rings. The first-order valence-corrected chi connectivity index (χ1v) is 11.3. The molecule has 0 spiro atoms. The van der Waals surface area contributed by atoms with Gasteiger partial charge in [0.05, 0.1) is 11.3 Å². The molecular weight excluding hydrogens is 513 g/mol. The third-order valence-electron chi connectivity index (χ3n) is 5.74. The van der Waals surface area contributed by atoms with E-state index in [1.807, 2.05) is 0 Å². The van der Waals surface area contributed by atoms with E-state index in [1.54, 1.807) is 0 Å². The number of carbonyl (C=O) groups is 4. The van der Waals surface area contributed by atoms with Crippen LogP contribution >= 0.6 is 0 Å². The van der Waals surface area contributed by atoms with Crippen molar-refractivity contribution in [2.75, 3.05) is 31.5 Å². The van der Waals surface area contributed by atoms with Crippen molar-refractivity contribution >= 4 is 30.1 Å². The maximum atomic E-state index is 13.4. The second-order valence-corrected chi connectivity index (χ2v) is 8.82. The molecule has 12 nitrogen and oxygen atoms in total. The Kier molecular flexibility index (Phi) is 8.07. The predicted molar refractivity (Wildman–Crippen MR) is 127 cm³/mol. The van der Waals surface area contributed by atoms with Crippen LogP contribution in [0.25, 0.3) is 5.69 Å². The first kappa shape index (κ1) is 28.1. The maximum absolute atomic E-state index is 13.4. The lowest BCUT2D eigenvalue weighted by atomic mass is 10.0. The summed E-state index contributed by atoms with van der Waals surface area (Å²) >= 11 is 0. The predicted octanol–water partition coefficient (Wildman–Crippen LogP) is 1.54. The number of benzene rings is 1. The number of halogens is 3. The van der Waals surface area contributed by atoms with Gasteiger partial charge in [-0.05, 0) is 37.6 Å². The summed E-state index contributed by atoms with van der Waals surface area (Å²) in [5.41, 5.74) is 1.19. The van der Waals surface area contributed by atoms with Gasteiger partial charge >= 0.3 is 24.0 Å². The zero-order valence-corrected chi connectivity index (χ0v) is 20.4. The highest BCUT2D eigenvalue weighted by Crippen LogP contribution is 2.33. The molecule has 0 atom stereocenters. The lowest BCUT2D eigenvalue weighted by molar-refractivity contribution is -0.149. The number of piperazine rings is 1. The molecule has 1 aromatic carbocycles. The maximum Gasteiger partial charge on any atom is 0.416 e. The number of hydrogen-bond acceptors (Lipinski definition) is 7. The van der Waals surface area contributed by atoms with Crippen molar-refractivity contribution in [1.29, 1.82) is 0 Å². The van der Waals surface area contributed by atoms with Gasteiger partial charge in [0.2, 0.25) is 0 Å². The van der Waals surface area contributed by atoms with E-state index in [0.717, 1.165) is 22.9 Å². The average Bonchev–Trinajstić information content (AvgIpc) is 2.83. The molecule has 15 heteroatoms. The Balaban J connectivity index is 1.68. The molecule has 1 saturated heterocycles. The summed E-state index contributed by atoms with van der Waals surface area (Å²) in [7, 11) is 0. The Bertz CT molecular complexity index is 1300. The summed E-state index contributed by atoms with van der Waals surface area (Å²) in [6.07, 6.45) is -4.75. The van der Waals surface area contributed by atoms with Crippen molar-refractivity contribution in [2.45, 2.75) is 32.0 Å². The number of nitrogens with two attached hydrogens (primary N) is 1. The summed E-state index contributed by atoms with van der Waals surface area (Å²) in [5, 5.41) is 2.45. The van der Waals surface area contributed by atoms with E-state index in [9.17, 15) is 37.1 Å². The average molecular weight is 538 g/mol. The summed E-state index contributed by atoms with van der Waals surface area (Å²) in [6, 6.07) is 3.75. The van der Waals surface area contributed by atoms with Gasteiger partial charge in [0, 0.05) is 38.8 Å². The molecule has 1 aliphatic heterocycles. The van der Waals surface area contributed by atoms with Crippen LogP contribution in [-0.2, 0) is 26.9 Å². The van der Waals surface area contributed by atoms with Gasteiger partial charge in [0.15, 0.2) is 5.60 Å². The third-order valence-corrected chi connectivity index (χ3v) is 5.74. The number of ether oxygens (including phenoxy) is 1. The first-order chi connectivity index (χ1) is 17.7. The van der Waals surface area contributed by atoms with Gasteiger partial charge in [0.25, 0.3) is 5.91 Å². The number of carbonyl (C=O) groups excluding carboxylic acids is 4. The number of anilines is 1. The van der Waals surface area contributed by atoms with Gasteiger partial charge in [-0.1, -0.05) is 6.07 Å². The van der Waals surface area contributed by atoms with Crippen molar-refractivity contribution < 1.29 is 37.1 Å². The first-order valence-electron chi connectivity index (χ1n) is 11.3. The largest absolute Gasteiger partial charge is 0.434 e. The number of alkyl halides is 3. The minimum Gasteiger partial charge on any atom is -0.434 e. The van der Waals surface area contributed by atoms with Crippen molar-refractivity contribution in [2.24, 2.45) is 5.73 Å². The van der Waals surface area contributed by atoms with Gasteiger partial charge in [-0.15, -0.1) is 0 Å². The molecular formula is C23H25F3N6O6. The van der Waals surface area contributed by atoms with E-state index in [-0.39, 0.29) is 43.2 Å². The van der Waals surface area contributed by atoms with Crippen LogP contribution in [-0.4, -0.2) is 75.4 Å².